The van der Waals surface area contributed by atoms with E-state index in [4.69, 9.17) is 16.7 Å². The summed E-state index contributed by atoms with van der Waals surface area (Å²) in [4.78, 5) is 8.78. The number of rotatable bonds is 2. The number of pyridine rings is 1. The van der Waals surface area contributed by atoms with Crippen molar-refractivity contribution in [2.45, 2.75) is 6.04 Å². The van der Waals surface area contributed by atoms with Crippen LogP contribution in [0.2, 0.25) is 0 Å². The molecule has 1 atom stereocenters. The Labute approximate surface area is 173 Å². The van der Waals surface area contributed by atoms with Gasteiger partial charge in [0.25, 0.3) is 0 Å². The first-order valence-electron chi connectivity index (χ1n) is 8.31. The van der Waals surface area contributed by atoms with Gasteiger partial charge in [-0.3, -0.25) is 5.32 Å². The predicted octanol–water partition coefficient (Wildman–Crippen LogP) is 2.01. The van der Waals surface area contributed by atoms with Crippen molar-refractivity contribution in [3.8, 4) is 17.9 Å². The molecule has 0 radical (unpaired) electrons. The van der Waals surface area contributed by atoms with Crippen LogP contribution in [-0.2, 0) is 0 Å². The van der Waals surface area contributed by atoms with Crippen molar-refractivity contribution in [1.29, 1.82) is 10.5 Å². The highest BCUT2D eigenvalue weighted by atomic mass is 79.9. The number of aliphatic imine (C=N–C) groups is 1. The Bertz CT molecular complexity index is 1220. The number of fused-ring (bicyclic) bond motifs is 1. The van der Waals surface area contributed by atoms with E-state index in [0.29, 0.717) is 11.4 Å². The molecular formula is C18H13BrN10. The van der Waals surface area contributed by atoms with Crippen LogP contribution in [0.3, 0.4) is 0 Å². The van der Waals surface area contributed by atoms with E-state index in [0.717, 1.165) is 15.7 Å². The molecule has 3 heterocycles. The summed E-state index contributed by atoms with van der Waals surface area (Å²) < 4.78 is 2.51. The number of nitrogens with one attached hydrogen (secondary N) is 2. The maximum Gasteiger partial charge on any atom is 0.211 e. The molecule has 1 unspecified atom stereocenters. The van der Waals surface area contributed by atoms with E-state index < -0.39 is 6.04 Å². The molecule has 4 rings (SSSR count). The molecule has 2 aromatic heterocycles. The van der Waals surface area contributed by atoms with Crippen LogP contribution < -0.4 is 22.1 Å². The molecular weight excluding hydrogens is 436 g/mol. The summed E-state index contributed by atoms with van der Waals surface area (Å²) in [7, 11) is 0. The van der Waals surface area contributed by atoms with E-state index in [2.05, 4.69) is 41.6 Å². The number of nitrogen functional groups attached to an aromatic ring is 2. The average molecular weight is 449 g/mol. The average Bonchev–Trinajstić information content (AvgIpc) is 3.22. The number of aromatic nitrogens is 3. The van der Waals surface area contributed by atoms with Crippen molar-refractivity contribution in [3.05, 3.63) is 57.8 Å². The smallest absolute Gasteiger partial charge is 0.211 e. The van der Waals surface area contributed by atoms with Gasteiger partial charge < -0.3 is 16.8 Å². The van der Waals surface area contributed by atoms with E-state index in [1.807, 2.05) is 42.7 Å². The standard InChI is InChI=1S/C18H13BrN10/c19-11-6-9(2-3-12(11)29-5-1-4-25-29)15-13-14(22)10(7-20)16(23)27-17(13)28-18(26-15)24-8-21/h1-6,15H,(H6,22,23,24,26,27,28). The van der Waals surface area contributed by atoms with Crippen molar-refractivity contribution in [1.82, 2.24) is 20.1 Å². The molecule has 0 saturated carbocycles. The molecule has 142 valence electrons. The van der Waals surface area contributed by atoms with E-state index in [1.165, 1.54) is 0 Å². The first-order chi connectivity index (χ1) is 14.0. The number of halogens is 1. The van der Waals surface area contributed by atoms with Gasteiger partial charge in [-0.25, -0.2) is 14.7 Å². The highest BCUT2D eigenvalue weighted by Crippen LogP contribution is 2.41. The van der Waals surface area contributed by atoms with Crippen LogP contribution in [0, 0.1) is 22.8 Å². The number of guanidine groups is 1. The predicted molar refractivity (Wildman–Crippen MR) is 111 cm³/mol. The molecule has 29 heavy (non-hydrogen) atoms. The third-order valence-electron chi connectivity index (χ3n) is 4.40. The van der Waals surface area contributed by atoms with E-state index in [-0.39, 0.29) is 23.0 Å². The molecule has 11 heteroatoms. The van der Waals surface area contributed by atoms with E-state index in [9.17, 15) is 5.26 Å². The monoisotopic (exact) mass is 448 g/mol. The lowest BCUT2D eigenvalue weighted by Gasteiger charge is -2.26. The molecule has 0 aliphatic carbocycles. The Balaban J connectivity index is 1.88. The second kappa shape index (κ2) is 7.14. The summed E-state index contributed by atoms with van der Waals surface area (Å²) in [5.74, 6) is 0.542. The van der Waals surface area contributed by atoms with Gasteiger partial charge in [-0.2, -0.15) is 15.6 Å². The van der Waals surface area contributed by atoms with Gasteiger partial charge in [-0.1, -0.05) is 6.07 Å². The fourth-order valence-electron chi connectivity index (χ4n) is 3.11. The van der Waals surface area contributed by atoms with Crippen molar-refractivity contribution < 1.29 is 0 Å². The van der Waals surface area contributed by atoms with Gasteiger partial charge in [0.05, 0.1) is 11.4 Å². The van der Waals surface area contributed by atoms with Crippen LogP contribution in [0.5, 0.6) is 0 Å². The maximum atomic E-state index is 9.40. The topological polar surface area (TPSA) is 167 Å². The lowest BCUT2D eigenvalue weighted by Crippen LogP contribution is -2.32. The van der Waals surface area contributed by atoms with Gasteiger partial charge in [-0.15, -0.1) is 0 Å². The van der Waals surface area contributed by atoms with Crippen LogP contribution >= 0.6 is 15.9 Å². The molecule has 6 N–H and O–H groups in total. The van der Waals surface area contributed by atoms with Crippen LogP contribution in [0.1, 0.15) is 22.7 Å². The van der Waals surface area contributed by atoms with Gasteiger partial charge in [0.1, 0.15) is 29.3 Å². The van der Waals surface area contributed by atoms with Gasteiger partial charge in [0.15, 0.2) is 6.19 Å². The number of benzene rings is 1. The molecule has 3 aromatic rings. The van der Waals surface area contributed by atoms with Crippen LogP contribution in [0.15, 0.2) is 46.1 Å². The van der Waals surface area contributed by atoms with Crippen molar-refractivity contribution in [2.24, 2.45) is 4.99 Å². The van der Waals surface area contributed by atoms with Crippen LogP contribution in [0.25, 0.3) is 5.69 Å². The molecule has 0 fully saturated rings. The van der Waals surface area contributed by atoms with Crippen molar-refractivity contribution >= 4 is 39.2 Å². The summed E-state index contributed by atoms with van der Waals surface area (Å²) in [6.45, 7) is 0. The van der Waals surface area contributed by atoms with Crippen LogP contribution in [-0.4, -0.2) is 20.7 Å². The number of nitrogens with two attached hydrogens (primary N) is 2. The number of nitrogens with zero attached hydrogens (tertiary/aromatic N) is 6. The quantitative estimate of drug-likeness (QED) is 0.340. The van der Waals surface area contributed by atoms with Gasteiger partial charge in [-0.05, 0) is 39.7 Å². The van der Waals surface area contributed by atoms with Crippen LogP contribution in [0.4, 0.5) is 17.3 Å². The lowest BCUT2D eigenvalue weighted by atomic mass is 9.95. The molecule has 10 nitrogen and oxygen atoms in total. The molecule has 0 saturated heterocycles. The minimum absolute atomic E-state index is 0.00317. The Hall–Kier alpha value is -4.09. The molecule has 0 bridgehead atoms. The van der Waals surface area contributed by atoms with Crippen molar-refractivity contribution in [3.63, 3.8) is 0 Å². The SMILES string of the molecule is N#CNC1=NC(c2ccc(-n3cccn3)c(Br)c2)c2c(nc(N)c(C#N)c2N)N1. The minimum atomic E-state index is -0.606. The largest absolute Gasteiger partial charge is 0.397 e. The normalized spacial score (nSPS) is 14.7. The minimum Gasteiger partial charge on any atom is -0.397 e. The zero-order chi connectivity index (χ0) is 20.5. The summed E-state index contributed by atoms with van der Waals surface area (Å²) in [5.41, 5.74) is 14.5. The van der Waals surface area contributed by atoms with Gasteiger partial charge in [0, 0.05) is 22.4 Å². The number of hydrogen-bond acceptors (Lipinski definition) is 9. The zero-order valence-electron chi connectivity index (χ0n) is 14.8. The highest BCUT2D eigenvalue weighted by molar-refractivity contribution is 9.10. The third-order valence-corrected chi connectivity index (χ3v) is 5.03. The lowest BCUT2D eigenvalue weighted by molar-refractivity contribution is 0.837. The van der Waals surface area contributed by atoms with Gasteiger partial charge >= 0.3 is 0 Å². The molecule has 0 spiro atoms. The summed E-state index contributed by atoms with van der Waals surface area (Å²) >= 11 is 3.57. The van der Waals surface area contributed by atoms with E-state index in [1.54, 1.807) is 10.9 Å². The Morgan fingerprint density at radius 3 is 2.76 bits per heavy atom. The number of nitriles is 2. The fraction of sp³-hybridized carbons (Fsp3) is 0.0556. The van der Waals surface area contributed by atoms with Crippen molar-refractivity contribution in [2.75, 3.05) is 16.8 Å². The Morgan fingerprint density at radius 2 is 2.10 bits per heavy atom. The number of hydrogen-bond donors (Lipinski definition) is 4. The van der Waals surface area contributed by atoms with Gasteiger partial charge in [0.2, 0.25) is 5.96 Å². The Morgan fingerprint density at radius 1 is 1.28 bits per heavy atom. The summed E-state index contributed by atoms with van der Waals surface area (Å²) in [5, 5.41) is 28.0. The molecule has 1 aromatic carbocycles. The Kier molecular flexibility index (Phi) is 4.50. The molecule has 0 amide bonds. The highest BCUT2D eigenvalue weighted by Gasteiger charge is 2.30. The third kappa shape index (κ3) is 3.09. The number of anilines is 3. The second-order valence-corrected chi connectivity index (χ2v) is 6.92. The molecule has 1 aliphatic rings. The second-order valence-electron chi connectivity index (χ2n) is 6.06. The first kappa shape index (κ1) is 18.3. The fourth-order valence-corrected chi connectivity index (χ4v) is 3.69. The summed E-state index contributed by atoms with van der Waals surface area (Å²) in [6.07, 6.45) is 5.34. The summed E-state index contributed by atoms with van der Waals surface area (Å²) in [6, 6.07) is 8.84. The van der Waals surface area contributed by atoms with E-state index >= 15 is 0 Å². The molecule has 1 aliphatic heterocycles. The first-order valence-corrected chi connectivity index (χ1v) is 9.11. The maximum absolute atomic E-state index is 9.40. The zero-order valence-corrected chi connectivity index (χ0v) is 16.3.